The van der Waals surface area contributed by atoms with Crippen LogP contribution in [0.3, 0.4) is 0 Å². The molecule has 0 heterocycles. The van der Waals surface area contributed by atoms with Gasteiger partial charge in [0.1, 0.15) is 18.0 Å². The Morgan fingerprint density at radius 1 is 1.04 bits per heavy atom. The zero-order valence-corrected chi connectivity index (χ0v) is 13.1. The highest BCUT2D eigenvalue weighted by atomic mass is 16.6. The molecule has 2 rings (SSSR count). The van der Waals surface area contributed by atoms with E-state index < -0.39 is 24.3 Å². The van der Waals surface area contributed by atoms with Gasteiger partial charge in [-0.15, -0.1) is 0 Å². The molecule has 0 bridgehead atoms. The molecule has 0 radical (unpaired) electrons. The Balaban J connectivity index is 2.28. The molecule has 0 aliphatic rings. The van der Waals surface area contributed by atoms with Gasteiger partial charge in [-0.25, -0.2) is 4.79 Å². The van der Waals surface area contributed by atoms with Crippen LogP contribution in [0.5, 0.6) is 5.75 Å². The first kappa shape index (κ1) is 17.0. The molecule has 5 heteroatoms. The van der Waals surface area contributed by atoms with Crippen LogP contribution in [0, 0.1) is 0 Å². The van der Waals surface area contributed by atoms with Gasteiger partial charge in [-0.05, 0) is 42.7 Å². The number of aliphatic hydroxyl groups is 2. The summed E-state index contributed by atoms with van der Waals surface area (Å²) in [5, 5.41) is 28.4. The molecule has 1 atom stereocenters. The van der Waals surface area contributed by atoms with Gasteiger partial charge in [-0.2, -0.15) is 0 Å². The Bertz CT molecular complexity index is 653. The summed E-state index contributed by atoms with van der Waals surface area (Å²) < 4.78 is 5.14. The summed E-state index contributed by atoms with van der Waals surface area (Å²) >= 11 is 0. The third-order valence-electron chi connectivity index (χ3n) is 3.43. The molecule has 0 aliphatic heterocycles. The molecule has 0 fully saturated rings. The molecule has 122 valence electrons. The van der Waals surface area contributed by atoms with E-state index in [9.17, 15) is 15.0 Å². The predicted octanol–water partition coefficient (Wildman–Crippen LogP) is 2.41. The molecular formula is C18H20O5. The van der Waals surface area contributed by atoms with Crippen molar-refractivity contribution in [1.29, 1.82) is 0 Å². The number of aromatic hydroxyl groups is 1. The summed E-state index contributed by atoms with van der Waals surface area (Å²) in [4.78, 5) is 11.4. The molecule has 0 saturated heterocycles. The highest BCUT2D eigenvalue weighted by Crippen LogP contribution is 2.31. The SMILES string of the molecule is CC(C)(O)C(OC(=O)CO)c1ccc(-c2ccc(O)cc2)cc1. The summed E-state index contributed by atoms with van der Waals surface area (Å²) in [5.74, 6) is -0.594. The smallest absolute Gasteiger partial charge is 0.332 e. The molecule has 23 heavy (non-hydrogen) atoms. The summed E-state index contributed by atoms with van der Waals surface area (Å²) in [6.07, 6.45) is -0.879. The molecule has 0 amide bonds. The van der Waals surface area contributed by atoms with Gasteiger partial charge in [-0.3, -0.25) is 0 Å². The van der Waals surface area contributed by atoms with Crippen molar-refractivity contribution in [2.75, 3.05) is 6.61 Å². The van der Waals surface area contributed by atoms with E-state index in [0.717, 1.165) is 11.1 Å². The Morgan fingerprint density at radius 2 is 1.52 bits per heavy atom. The number of esters is 1. The van der Waals surface area contributed by atoms with Crippen molar-refractivity contribution in [2.45, 2.75) is 25.6 Å². The molecule has 0 aromatic heterocycles. The maximum absolute atomic E-state index is 11.4. The average molecular weight is 316 g/mol. The third kappa shape index (κ3) is 4.31. The van der Waals surface area contributed by atoms with Crippen LogP contribution in [-0.4, -0.2) is 33.5 Å². The number of hydrogen-bond acceptors (Lipinski definition) is 5. The largest absolute Gasteiger partial charge is 0.508 e. The average Bonchev–Trinajstić information content (AvgIpc) is 2.52. The zero-order chi connectivity index (χ0) is 17.0. The molecule has 0 aliphatic carbocycles. The van der Waals surface area contributed by atoms with Crippen molar-refractivity contribution in [3.05, 3.63) is 54.1 Å². The fourth-order valence-corrected chi connectivity index (χ4v) is 2.29. The fourth-order valence-electron chi connectivity index (χ4n) is 2.29. The standard InChI is InChI=1S/C18H20O5/c1-18(2,22)17(23-16(21)11-19)14-5-3-12(4-6-14)13-7-9-15(20)10-8-13/h3-10,17,19-20,22H,11H2,1-2H3. The van der Waals surface area contributed by atoms with E-state index in [4.69, 9.17) is 9.84 Å². The summed E-state index contributed by atoms with van der Waals surface area (Å²) in [6, 6.07) is 14.0. The normalized spacial score (nSPS) is 12.7. The van der Waals surface area contributed by atoms with Gasteiger partial charge in [-0.1, -0.05) is 36.4 Å². The van der Waals surface area contributed by atoms with Crippen LogP contribution in [0.4, 0.5) is 0 Å². The number of phenolic OH excluding ortho intramolecular Hbond substituents is 1. The lowest BCUT2D eigenvalue weighted by Gasteiger charge is -2.29. The van der Waals surface area contributed by atoms with Crippen LogP contribution in [0.2, 0.25) is 0 Å². The highest BCUT2D eigenvalue weighted by molar-refractivity contribution is 5.71. The van der Waals surface area contributed by atoms with Crippen molar-refractivity contribution in [1.82, 2.24) is 0 Å². The molecule has 1 unspecified atom stereocenters. The van der Waals surface area contributed by atoms with E-state index in [2.05, 4.69) is 0 Å². The Morgan fingerprint density at radius 3 is 1.96 bits per heavy atom. The second-order valence-corrected chi connectivity index (χ2v) is 5.85. The molecule has 0 spiro atoms. The van der Waals surface area contributed by atoms with E-state index in [-0.39, 0.29) is 5.75 Å². The number of phenols is 1. The number of rotatable bonds is 5. The zero-order valence-electron chi connectivity index (χ0n) is 13.1. The Hall–Kier alpha value is -2.37. The van der Waals surface area contributed by atoms with E-state index in [1.807, 2.05) is 12.1 Å². The summed E-state index contributed by atoms with van der Waals surface area (Å²) in [7, 11) is 0. The van der Waals surface area contributed by atoms with E-state index >= 15 is 0 Å². The lowest BCUT2D eigenvalue weighted by atomic mass is 9.93. The lowest BCUT2D eigenvalue weighted by Crippen LogP contribution is -2.33. The molecule has 2 aromatic carbocycles. The first-order valence-electron chi connectivity index (χ1n) is 7.23. The maximum Gasteiger partial charge on any atom is 0.332 e. The number of aliphatic hydroxyl groups excluding tert-OH is 1. The third-order valence-corrected chi connectivity index (χ3v) is 3.43. The van der Waals surface area contributed by atoms with Gasteiger partial charge in [0.25, 0.3) is 0 Å². The second kappa shape index (κ2) is 6.81. The molecule has 2 aromatic rings. The van der Waals surface area contributed by atoms with E-state index in [0.29, 0.717) is 5.56 Å². The van der Waals surface area contributed by atoms with Crippen molar-refractivity contribution in [3.63, 3.8) is 0 Å². The van der Waals surface area contributed by atoms with Crippen molar-refractivity contribution in [2.24, 2.45) is 0 Å². The van der Waals surface area contributed by atoms with Crippen LogP contribution in [0.25, 0.3) is 11.1 Å². The van der Waals surface area contributed by atoms with Gasteiger partial charge < -0.3 is 20.1 Å². The number of ether oxygens (including phenoxy) is 1. The van der Waals surface area contributed by atoms with Gasteiger partial charge >= 0.3 is 5.97 Å². The first-order chi connectivity index (χ1) is 10.8. The van der Waals surface area contributed by atoms with Crippen molar-refractivity contribution >= 4 is 5.97 Å². The van der Waals surface area contributed by atoms with E-state index in [1.54, 1.807) is 36.4 Å². The Labute approximate surface area is 134 Å². The van der Waals surface area contributed by atoms with Crippen LogP contribution in [0.1, 0.15) is 25.5 Å². The van der Waals surface area contributed by atoms with Gasteiger partial charge in [0, 0.05) is 0 Å². The first-order valence-corrected chi connectivity index (χ1v) is 7.23. The molecule has 0 saturated carbocycles. The van der Waals surface area contributed by atoms with E-state index in [1.165, 1.54) is 13.8 Å². The fraction of sp³-hybridized carbons (Fsp3) is 0.278. The van der Waals surface area contributed by atoms with Crippen LogP contribution in [-0.2, 0) is 9.53 Å². The number of carbonyl (C=O) groups is 1. The van der Waals surface area contributed by atoms with Gasteiger partial charge in [0.2, 0.25) is 0 Å². The minimum absolute atomic E-state index is 0.198. The highest BCUT2D eigenvalue weighted by Gasteiger charge is 2.31. The van der Waals surface area contributed by atoms with Crippen molar-refractivity contribution in [3.8, 4) is 16.9 Å². The summed E-state index contributed by atoms with van der Waals surface area (Å²) in [6.45, 7) is 2.34. The van der Waals surface area contributed by atoms with Crippen LogP contribution >= 0.6 is 0 Å². The topological polar surface area (TPSA) is 87.0 Å². The minimum Gasteiger partial charge on any atom is -0.508 e. The van der Waals surface area contributed by atoms with Gasteiger partial charge in [0.05, 0.1) is 0 Å². The Kier molecular flexibility index (Phi) is 5.03. The van der Waals surface area contributed by atoms with Crippen LogP contribution in [0.15, 0.2) is 48.5 Å². The number of hydrogen-bond donors (Lipinski definition) is 3. The van der Waals surface area contributed by atoms with Crippen LogP contribution < -0.4 is 0 Å². The summed E-state index contributed by atoms with van der Waals surface area (Å²) in [5.41, 5.74) is 1.20. The molecular weight excluding hydrogens is 296 g/mol. The second-order valence-electron chi connectivity index (χ2n) is 5.85. The van der Waals surface area contributed by atoms with Gasteiger partial charge in [0.15, 0.2) is 6.10 Å². The monoisotopic (exact) mass is 316 g/mol. The minimum atomic E-state index is -1.29. The van der Waals surface area contributed by atoms with Crippen molar-refractivity contribution < 1.29 is 24.9 Å². The maximum atomic E-state index is 11.4. The lowest BCUT2D eigenvalue weighted by molar-refractivity contribution is -0.166. The molecule has 5 nitrogen and oxygen atoms in total. The number of benzene rings is 2. The predicted molar refractivity (Wildman–Crippen MR) is 85.8 cm³/mol. The molecule has 3 N–H and O–H groups in total. The number of carbonyl (C=O) groups excluding carboxylic acids is 1. The quantitative estimate of drug-likeness (QED) is 0.737.